The summed E-state index contributed by atoms with van der Waals surface area (Å²) in [5, 5.41) is 26.4. The van der Waals surface area contributed by atoms with Crippen LogP contribution in [0.4, 0.5) is 0 Å². The van der Waals surface area contributed by atoms with Crippen LogP contribution in [-0.2, 0) is 21.9 Å². The van der Waals surface area contributed by atoms with E-state index in [1.54, 1.807) is 4.90 Å². The molecule has 6 nitrogen and oxygen atoms in total. The largest absolute Gasteiger partial charge is 2.00 e. The molecule has 0 amide bonds. The minimum atomic E-state index is -0.833. The standard InChI is InChI=1S/C9H19NOS.C2H4O2.CH3NOS.Cu/c1-3-5-7-10(9(11)12)8-6-4-2;1-2(3)4;2-1(3)4;/h3-8H2,1-2H3,(H,11,12);1H3,(H,3,4);(H3,2,3,4);/q;;;+2/p-2. The van der Waals surface area contributed by atoms with Crippen LogP contribution >= 0.6 is 24.4 Å². The molecule has 0 saturated heterocycles. The number of aliphatic carboxylic acids is 1. The van der Waals surface area contributed by atoms with E-state index in [0.29, 0.717) is 0 Å². The van der Waals surface area contributed by atoms with Crippen LogP contribution in [0.5, 0.6) is 0 Å². The van der Waals surface area contributed by atoms with Gasteiger partial charge in [0.2, 0.25) is 0 Å². The Morgan fingerprint density at radius 3 is 1.52 bits per heavy atom. The minimum Gasteiger partial charge on any atom is -0.852 e. The first-order chi connectivity index (χ1) is 9.18. The number of carbonyl (C=O) groups is 1. The summed E-state index contributed by atoms with van der Waals surface area (Å²) in [6.07, 6.45) is 4.36. The van der Waals surface area contributed by atoms with E-state index in [9.17, 15) is 5.11 Å². The molecule has 0 aliphatic heterocycles. The molecule has 0 rings (SSSR count). The fraction of sp³-hybridized carbons (Fsp3) is 0.750. The Balaban J connectivity index is -0.000000134. The second kappa shape index (κ2) is 21.7. The number of hydrogen-bond acceptors (Lipinski definition) is 5. The molecule has 0 heterocycles. The van der Waals surface area contributed by atoms with Gasteiger partial charge in [-0.15, -0.1) is 0 Å². The maximum Gasteiger partial charge on any atom is 2.00 e. The van der Waals surface area contributed by atoms with Gasteiger partial charge in [0, 0.05) is 30.4 Å². The zero-order valence-corrected chi connectivity index (χ0v) is 15.1. The van der Waals surface area contributed by atoms with Gasteiger partial charge in [-0.25, -0.2) is 0 Å². The molecule has 0 atom stereocenters. The van der Waals surface area contributed by atoms with Gasteiger partial charge in [0.25, 0.3) is 5.97 Å². The van der Waals surface area contributed by atoms with E-state index in [0.717, 1.165) is 45.7 Å². The predicted octanol–water partition coefficient (Wildman–Crippen LogP) is 0.213. The maximum atomic E-state index is 10.9. The monoisotopic (exact) mass is 387 g/mol. The summed E-state index contributed by atoms with van der Waals surface area (Å²) in [7, 11) is 0. The number of nitrogens with two attached hydrogens (primary N) is 1. The summed E-state index contributed by atoms with van der Waals surface area (Å²) in [4.78, 5) is 10.8. The van der Waals surface area contributed by atoms with Gasteiger partial charge in [0.15, 0.2) is 0 Å². The molecule has 0 fully saturated rings. The molecule has 0 bridgehead atoms. The Morgan fingerprint density at radius 1 is 1.14 bits per heavy atom. The van der Waals surface area contributed by atoms with Gasteiger partial charge < -0.3 is 26.0 Å². The number of carboxylic acids is 1. The molecule has 0 aliphatic rings. The summed E-state index contributed by atoms with van der Waals surface area (Å²) in [5.41, 5.74) is 4.29. The van der Waals surface area contributed by atoms with E-state index in [-0.39, 0.29) is 22.2 Å². The fourth-order valence-electron chi connectivity index (χ4n) is 0.992. The molecule has 0 aromatic heterocycles. The SMILES string of the molecule is CC(=O)O.CCCCN(CCCC)C([O-])=S.NC([O-])=S.[Cu+2]. The molecule has 21 heavy (non-hydrogen) atoms. The number of hydrogen-bond donors (Lipinski definition) is 2. The molecule has 0 spiro atoms. The number of unbranched alkanes of at least 4 members (excludes halogenated alkanes) is 2. The van der Waals surface area contributed by atoms with Gasteiger partial charge >= 0.3 is 17.1 Å². The Labute approximate surface area is 148 Å². The van der Waals surface area contributed by atoms with E-state index >= 15 is 0 Å². The average Bonchev–Trinajstić information content (AvgIpc) is 2.27. The molecule has 3 N–H and O–H groups in total. The third kappa shape index (κ3) is 45.2. The molecule has 1 radical (unpaired) electrons. The van der Waals surface area contributed by atoms with Crippen LogP contribution in [0.3, 0.4) is 0 Å². The Morgan fingerprint density at radius 2 is 1.38 bits per heavy atom. The van der Waals surface area contributed by atoms with Gasteiger partial charge in [0.1, 0.15) is 0 Å². The van der Waals surface area contributed by atoms with Crippen molar-refractivity contribution in [1.29, 1.82) is 0 Å². The third-order valence-corrected chi connectivity index (χ3v) is 2.08. The van der Waals surface area contributed by atoms with Crippen molar-refractivity contribution < 1.29 is 37.2 Å². The van der Waals surface area contributed by atoms with E-state index in [1.807, 2.05) is 0 Å². The second-order valence-corrected chi connectivity index (χ2v) is 4.55. The van der Waals surface area contributed by atoms with Crippen LogP contribution in [0.2, 0.25) is 0 Å². The third-order valence-electron chi connectivity index (χ3n) is 1.82. The van der Waals surface area contributed by atoms with Crippen LogP contribution in [0.15, 0.2) is 0 Å². The first-order valence-electron chi connectivity index (χ1n) is 6.30. The first-order valence-corrected chi connectivity index (χ1v) is 7.12. The van der Waals surface area contributed by atoms with Crippen LogP contribution in [-0.4, -0.2) is 39.4 Å². The second-order valence-electron chi connectivity index (χ2n) is 3.80. The first kappa shape index (κ1) is 28.5. The molecular weight excluding hydrogens is 364 g/mol. The Kier molecular flexibility index (Phi) is 29.4. The van der Waals surface area contributed by atoms with Crippen LogP contribution < -0.4 is 15.9 Å². The van der Waals surface area contributed by atoms with Crippen LogP contribution in [0, 0.1) is 0 Å². The van der Waals surface area contributed by atoms with E-state index in [4.69, 9.17) is 15.0 Å². The molecular formula is C12H24CuN2O4S2. The van der Waals surface area contributed by atoms with Crippen molar-refractivity contribution in [3.63, 3.8) is 0 Å². The van der Waals surface area contributed by atoms with Crippen molar-refractivity contribution in [3.05, 3.63) is 0 Å². The molecule has 0 aliphatic carbocycles. The molecule has 0 aromatic carbocycles. The predicted molar refractivity (Wildman–Crippen MR) is 84.1 cm³/mol. The van der Waals surface area contributed by atoms with Gasteiger partial charge in [0.05, 0.1) is 0 Å². The quantitative estimate of drug-likeness (QED) is 0.491. The molecule has 9 heteroatoms. The van der Waals surface area contributed by atoms with Gasteiger partial charge in [-0.05, 0) is 12.8 Å². The van der Waals surface area contributed by atoms with Crippen molar-refractivity contribution in [1.82, 2.24) is 4.90 Å². The van der Waals surface area contributed by atoms with Gasteiger partial charge in [-0.2, -0.15) is 0 Å². The maximum absolute atomic E-state index is 10.9. The number of thiocarbonyl (C=S) groups is 2. The number of rotatable bonds is 6. The number of carboxylic acid groups (broad SMARTS) is 1. The topological polar surface area (TPSA) is 113 Å². The van der Waals surface area contributed by atoms with E-state index in [2.05, 4.69) is 44.0 Å². The average molecular weight is 388 g/mol. The van der Waals surface area contributed by atoms with E-state index < -0.39 is 11.1 Å². The summed E-state index contributed by atoms with van der Waals surface area (Å²) in [6.45, 7) is 6.98. The molecule has 0 saturated carbocycles. The van der Waals surface area contributed by atoms with E-state index in [1.165, 1.54) is 0 Å². The van der Waals surface area contributed by atoms with Crippen molar-refractivity contribution in [2.45, 2.75) is 46.5 Å². The van der Waals surface area contributed by atoms with Crippen molar-refractivity contribution >= 4 is 40.8 Å². The molecule has 0 aromatic rings. The zero-order chi connectivity index (χ0) is 16.6. The van der Waals surface area contributed by atoms with Gasteiger partial charge in [-0.3, -0.25) is 4.79 Å². The number of nitrogens with zero attached hydrogens (tertiary/aromatic N) is 1. The van der Waals surface area contributed by atoms with Crippen molar-refractivity contribution in [3.8, 4) is 0 Å². The van der Waals surface area contributed by atoms with Crippen LogP contribution in [0.1, 0.15) is 46.5 Å². The summed E-state index contributed by atoms with van der Waals surface area (Å²) in [5.74, 6) is -0.833. The van der Waals surface area contributed by atoms with Crippen molar-refractivity contribution in [2.75, 3.05) is 13.1 Å². The summed E-state index contributed by atoms with van der Waals surface area (Å²) < 4.78 is 0. The zero-order valence-electron chi connectivity index (χ0n) is 12.6. The smallest absolute Gasteiger partial charge is 0.852 e. The summed E-state index contributed by atoms with van der Waals surface area (Å²) >= 11 is 8.37. The summed E-state index contributed by atoms with van der Waals surface area (Å²) in [6, 6.07) is 0. The van der Waals surface area contributed by atoms with Gasteiger partial charge in [-0.1, -0.05) is 51.1 Å². The molecule has 0 unspecified atom stereocenters. The fourth-order valence-corrected chi connectivity index (χ4v) is 1.17. The minimum absolute atomic E-state index is 0. The normalized spacial score (nSPS) is 7.95. The molecule has 129 valence electrons. The van der Waals surface area contributed by atoms with Crippen molar-refractivity contribution in [2.24, 2.45) is 5.73 Å². The van der Waals surface area contributed by atoms with Crippen LogP contribution in [0.25, 0.3) is 0 Å². The Hall–Kier alpha value is -0.631. The Bertz CT molecular complexity index is 254.